The zero-order valence-corrected chi connectivity index (χ0v) is 9.25. The van der Waals surface area contributed by atoms with E-state index < -0.39 is 26.5 Å². The molecule has 1 fully saturated rings. The van der Waals surface area contributed by atoms with Gasteiger partial charge in [0.15, 0.2) is 15.3 Å². The molecule has 5 nitrogen and oxygen atoms in total. The Morgan fingerprint density at radius 2 is 2.27 bits per heavy atom. The molecule has 1 rings (SSSR count). The maximum absolute atomic E-state index is 11.5. The van der Waals surface area contributed by atoms with Crippen LogP contribution in [0.5, 0.6) is 0 Å². The van der Waals surface area contributed by atoms with Crippen molar-refractivity contribution >= 4 is 15.8 Å². The number of hydrogen-bond acceptors (Lipinski definition) is 4. The number of carboxylic acid groups (broad SMARTS) is 1. The third-order valence-electron chi connectivity index (χ3n) is 3.00. The molecule has 15 heavy (non-hydrogen) atoms. The van der Waals surface area contributed by atoms with Gasteiger partial charge in [-0.05, 0) is 19.3 Å². The molecule has 0 spiro atoms. The van der Waals surface area contributed by atoms with Gasteiger partial charge in [-0.25, -0.2) is 8.42 Å². The van der Waals surface area contributed by atoms with Gasteiger partial charge in [0.1, 0.15) is 0 Å². The third kappa shape index (κ3) is 1.97. The van der Waals surface area contributed by atoms with Crippen molar-refractivity contribution in [1.29, 1.82) is 5.26 Å². The summed E-state index contributed by atoms with van der Waals surface area (Å²) in [6, 6.07) is 1.74. The van der Waals surface area contributed by atoms with Crippen molar-refractivity contribution in [3.05, 3.63) is 0 Å². The van der Waals surface area contributed by atoms with Crippen LogP contribution in [0.3, 0.4) is 0 Å². The Bertz CT molecular complexity index is 408. The highest BCUT2D eigenvalue weighted by Gasteiger charge is 2.49. The quantitative estimate of drug-likeness (QED) is 0.766. The molecule has 1 N–H and O–H groups in total. The normalized spacial score (nSPS) is 31.1. The summed E-state index contributed by atoms with van der Waals surface area (Å²) in [6.45, 7) is 1.53. The summed E-state index contributed by atoms with van der Waals surface area (Å²) >= 11 is 0. The molecule has 0 radical (unpaired) electrons. The Morgan fingerprint density at radius 1 is 1.67 bits per heavy atom. The smallest absolute Gasteiger partial charge is 0.324 e. The van der Waals surface area contributed by atoms with Gasteiger partial charge in [-0.3, -0.25) is 4.79 Å². The average Bonchev–Trinajstić information content (AvgIpc) is 2.63. The van der Waals surface area contributed by atoms with Crippen LogP contribution >= 0.6 is 0 Å². The topological polar surface area (TPSA) is 95.2 Å². The van der Waals surface area contributed by atoms with Gasteiger partial charge in [0.2, 0.25) is 0 Å². The second kappa shape index (κ2) is 3.81. The molecule has 0 amide bonds. The molecule has 0 unspecified atom stereocenters. The Kier molecular flexibility index (Phi) is 3.05. The molecular formula is C9H13NO4S. The SMILES string of the molecule is CCS(=O)(=O)[C@H]1CC[C@@](C#N)(C(=O)O)C1. The average molecular weight is 231 g/mol. The van der Waals surface area contributed by atoms with E-state index in [0.29, 0.717) is 0 Å². The van der Waals surface area contributed by atoms with Gasteiger partial charge in [0.25, 0.3) is 0 Å². The van der Waals surface area contributed by atoms with Crippen LogP contribution in [0.2, 0.25) is 0 Å². The van der Waals surface area contributed by atoms with E-state index in [1.807, 2.05) is 0 Å². The zero-order chi connectivity index (χ0) is 11.7. The van der Waals surface area contributed by atoms with Crippen molar-refractivity contribution in [3.8, 4) is 6.07 Å². The number of nitriles is 1. The molecule has 2 atom stereocenters. The molecule has 1 aliphatic carbocycles. The van der Waals surface area contributed by atoms with E-state index in [9.17, 15) is 13.2 Å². The van der Waals surface area contributed by atoms with Crippen LogP contribution in [0.4, 0.5) is 0 Å². The van der Waals surface area contributed by atoms with E-state index in [4.69, 9.17) is 10.4 Å². The van der Waals surface area contributed by atoms with Crippen LogP contribution in [-0.4, -0.2) is 30.5 Å². The fourth-order valence-corrected chi connectivity index (χ4v) is 3.37. The summed E-state index contributed by atoms with van der Waals surface area (Å²) in [6.07, 6.45) is 0.327. The van der Waals surface area contributed by atoms with Gasteiger partial charge in [-0.2, -0.15) is 5.26 Å². The molecule has 0 bridgehead atoms. The lowest BCUT2D eigenvalue weighted by molar-refractivity contribution is -0.145. The van der Waals surface area contributed by atoms with Gasteiger partial charge in [-0.1, -0.05) is 6.92 Å². The number of rotatable bonds is 3. The molecule has 0 heterocycles. The first-order chi connectivity index (χ1) is 6.88. The second-order valence-electron chi connectivity index (χ2n) is 3.82. The van der Waals surface area contributed by atoms with Crippen molar-refractivity contribution in [2.24, 2.45) is 5.41 Å². The summed E-state index contributed by atoms with van der Waals surface area (Å²) in [5.74, 6) is -1.21. The lowest BCUT2D eigenvalue weighted by atomic mass is 9.88. The van der Waals surface area contributed by atoms with Crippen molar-refractivity contribution < 1.29 is 18.3 Å². The molecule has 0 aliphatic heterocycles. The van der Waals surface area contributed by atoms with Gasteiger partial charge in [0, 0.05) is 5.75 Å². The van der Waals surface area contributed by atoms with Gasteiger partial charge < -0.3 is 5.11 Å². The highest BCUT2D eigenvalue weighted by atomic mass is 32.2. The van der Waals surface area contributed by atoms with Crippen LogP contribution in [0.1, 0.15) is 26.2 Å². The largest absolute Gasteiger partial charge is 0.480 e. The number of hydrogen-bond donors (Lipinski definition) is 1. The predicted octanol–water partition coefficient (Wildman–Crippen LogP) is 0.568. The van der Waals surface area contributed by atoms with Crippen molar-refractivity contribution in [3.63, 3.8) is 0 Å². The molecule has 0 aromatic heterocycles. The molecule has 1 saturated carbocycles. The van der Waals surface area contributed by atoms with Crippen LogP contribution in [0.25, 0.3) is 0 Å². The van der Waals surface area contributed by atoms with Gasteiger partial charge in [0.05, 0.1) is 11.3 Å². The van der Waals surface area contributed by atoms with Gasteiger partial charge >= 0.3 is 5.97 Å². The maximum atomic E-state index is 11.5. The fourth-order valence-electron chi connectivity index (χ4n) is 1.89. The predicted molar refractivity (Wildman–Crippen MR) is 52.8 cm³/mol. The molecule has 0 aromatic rings. The van der Waals surface area contributed by atoms with Crippen LogP contribution < -0.4 is 0 Å². The minimum atomic E-state index is -3.23. The first-order valence-corrected chi connectivity index (χ1v) is 6.46. The molecule has 1 aliphatic rings. The van der Waals surface area contributed by atoms with Crippen LogP contribution in [0, 0.1) is 16.7 Å². The van der Waals surface area contributed by atoms with Crippen molar-refractivity contribution in [2.75, 3.05) is 5.75 Å². The zero-order valence-electron chi connectivity index (χ0n) is 8.43. The van der Waals surface area contributed by atoms with Crippen LogP contribution in [0.15, 0.2) is 0 Å². The number of aliphatic carboxylic acids is 1. The van der Waals surface area contributed by atoms with E-state index in [1.165, 1.54) is 6.92 Å². The van der Waals surface area contributed by atoms with E-state index in [1.54, 1.807) is 6.07 Å². The van der Waals surface area contributed by atoms with Gasteiger partial charge in [-0.15, -0.1) is 0 Å². The highest BCUT2D eigenvalue weighted by Crippen LogP contribution is 2.41. The first kappa shape index (κ1) is 12.0. The molecule has 0 aromatic carbocycles. The van der Waals surface area contributed by atoms with E-state index in [2.05, 4.69) is 0 Å². The Labute approximate surface area is 88.6 Å². The summed E-state index contributed by atoms with van der Waals surface area (Å²) < 4.78 is 23.1. The highest BCUT2D eigenvalue weighted by molar-refractivity contribution is 7.92. The van der Waals surface area contributed by atoms with Crippen molar-refractivity contribution in [1.82, 2.24) is 0 Å². The summed E-state index contributed by atoms with van der Waals surface area (Å²) in [5.41, 5.74) is -1.49. The summed E-state index contributed by atoms with van der Waals surface area (Å²) in [4.78, 5) is 10.9. The number of sulfone groups is 1. The molecular weight excluding hydrogens is 218 g/mol. The number of carboxylic acids is 1. The molecule has 0 saturated heterocycles. The second-order valence-corrected chi connectivity index (χ2v) is 6.39. The van der Waals surface area contributed by atoms with Crippen LogP contribution in [-0.2, 0) is 14.6 Å². The monoisotopic (exact) mass is 231 g/mol. The first-order valence-electron chi connectivity index (χ1n) is 4.74. The third-order valence-corrected chi connectivity index (χ3v) is 5.23. The van der Waals surface area contributed by atoms with E-state index in [-0.39, 0.29) is 25.0 Å². The number of carbonyl (C=O) groups is 1. The summed E-state index contributed by atoms with van der Waals surface area (Å²) in [7, 11) is -3.23. The standard InChI is InChI=1S/C9H13NO4S/c1-2-15(13,14)7-3-4-9(5-7,6-10)8(11)12/h7H,2-5H2,1H3,(H,11,12)/t7-,9+/m0/s1. The summed E-state index contributed by atoms with van der Waals surface area (Å²) in [5, 5.41) is 17.1. The molecule has 84 valence electrons. The molecule has 6 heteroatoms. The maximum Gasteiger partial charge on any atom is 0.324 e. The Morgan fingerprint density at radius 3 is 2.60 bits per heavy atom. The Hall–Kier alpha value is -1.09. The fraction of sp³-hybridized carbons (Fsp3) is 0.778. The van der Waals surface area contributed by atoms with E-state index in [0.717, 1.165) is 0 Å². The lowest BCUT2D eigenvalue weighted by Crippen LogP contribution is -2.29. The number of nitrogens with zero attached hydrogens (tertiary/aromatic N) is 1. The van der Waals surface area contributed by atoms with E-state index >= 15 is 0 Å². The minimum absolute atomic E-state index is 0.00120. The van der Waals surface area contributed by atoms with Crippen molar-refractivity contribution in [2.45, 2.75) is 31.4 Å². The minimum Gasteiger partial charge on any atom is -0.480 e. The Balaban J connectivity index is 2.93. The lowest BCUT2D eigenvalue weighted by Gasteiger charge is -2.14.